The van der Waals surface area contributed by atoms with E-state index in [1.54, 1.807) is 36.2 Å². The lowest BCUT2D eigenvalue weighted by Crippen LogP contribution is -2.43. The molecule has 0 radical (unpaired) electrons. The van der Waals surface area contributed by atoms with Crippen molar-refractivity contribution in [2.24, 2.45) is 0 Å². The van der Waals surface area contributed by atoms with Gasteiger partial charge in [0.05, 0.1) is 43.7 Å². The number of anilines is 1. The van der Waals surface area contributed by atoms with Crippen LogP contribution in [0.5, 0.6) is 0 Å². The molecule has 0 bridgehead atoms. The van der Waals surface area contributed by atoms with Crippen LogP contribution in [0.4, 0.5) is 10.2 Å². The van der Waals surface area contributed by atoms with Crippen LogP contribution in [0, 0.1) is 12.7 Å². The fourth-order valence-corrected chi connectivity index (χ4v) is 4.43. The first-order valence-corrected chi connectivity index (χ1v) is 10.3. The Morgan fingerprint density at radius 1 is 1.32 bits per heavy atom. The molecule has 1 saturated heterocycles. The third-order valence-electron chi connectivity index (χ3n) is 6.11. The van der Waals surface area contributed by atoms with Gasteiger partial charge in [0.15, 0.2) is 0 Å². The number of carbonyl (C=O) groups is 1. The minimum Gasteiger partial charge on any atom is -0.383 e. The Kier molecular flexibility index (Phi) is 4.83. The number of hydrogen-bond acceptors (Lipinski definition) is 6. The number of morpholine rings is 1. The molecular weight excluding hydrogens is 399 g/mol. The fourth-order valence-electron chi connectivity index (χ4n) is 4.43. The van der Waals surface area contributed by atoms with Crippen LogP contribution >= 0.6 is 0 Å². The molecule has 1 fully saturated rings. The molecule has 2 aliphatic heterocycles. The zero-order chi connectivity index (χ0) is 21.7. The molecule has 2 aromatic heterocycles. The van der Waals surface area contributed by atoms with Gasteiger partial charge in [0.1, 0.15) is 17.3 Å². The van der Waals surface area contributed by atoms with Gasteiger partial charge < -0.3 is 20.1 Å². The van der Waals surface area contributed by atoms with Crippen molar-refractivity contribution in [3.63, 3.8) is 0 Å². The van der Waals surface area contributed by atoms with Gasteiger partial charge in [0.2, 0.25) is 0 Å². The molecular formula is C23H23FN4O3. The van der Waals surface area contributed by atoms with Crippen LogP contribution in [-0.4, -0.2) is 40.5 Å². The molecule has 2 N–H and O–H groups in total. The summed E-state index contributed by atoms with van der Waals surface area (Å²) in [6.07, 6.45) is 1.45. The summed E-state index contributed by atoms with van der Waals surface area (Å²) >= 11 is 0. The van der Waals surface area contributed by atoms with Gasteiger partial charge in [-0.05, 0) is 42.7 Å². The lowest BCUT2D eigenvalue weighted by molar-refractivity contribution is -0.00302. The highest BCUT2D eigenvalue weighted by molar-refractivity contribution is 5.97. The SMILES string of the molecule is Cc1cc([C@H]2COCCN2C(=O)c2cc3c4c(c(N)nc3cn2)[C@H](C)OC4)ccc1F. The van der Waals surface area contributed by atoms with Crippen molar-refractivity contribution in [1.29, 1.82) is 0 Å². The number of fused-ring (bicyclic) bond motifs is 3. The number of aromatic nitrogens is 2. The van der Waals surface area contributed by atoms with Gasteiger partial charge in [0.25, 0.3) is 5.91 Å². The molecule has 0 aliphatic carbocycles. The lowest BCUT2D eigenvalue weighted by atomic mass is 10.0. The number of rotatable bonds is 2. The summed E-state index contributed by atoms with van der Waals surface area (Å²) in [4.78, 5) is 24.0. The highest BCUT2D eigenvalue weighted by Crippen LogP contribution is 2.38. The number of hydrogen-bond donors (Lipinski definition) is 1. The van der Waals surface area contributed by atoms with E-state index in [9.17, 15) is 9.18 Å². The summed E-state index contributed by atoms with van der Waals surface area (Å²) < 4.78 is 25.1. The fraction of sp³-hybridized carbons (Fsp3) is 0.348. The van der Waals surface area contributed by atoms with Crippen molar-refractivity contribution >= 4 is 22.6 Å². The largest absolute Gasteiger partial charge is 0.383 e. The topological polar surface area (TPSA) is 90.6 Å². The van der Waals surface area contributed by atoms with Crippen molar-refractivity contribution < 1.29 is 18.7 Å². The van der Waals surface area contributed by atoms with Gasteiger partial charge in [-0.25, -0.2) is 14.4 Å². The first-order valence-electron chi connectivity index (χ1n) is 10.3. The number of carbonyl (C=O) groups excluding carboxylic acids is 1. The molecule has 0 unspecified atom stereocenters. The Labute approximate surface area is 179 Å². The molecule has 1 aromatic carbocycles. The van der Waals surface area contributed by atoms with E-state index in [1.165, 1.54) is 6.07 Å². The van der Waals surface area contributed by atoms with Crippen LogP contribution < -0.4 is 5.73 Å². The maximum atomic E-state index is 13.8. The average Bonchev–Trinajstić information content (AvgIpc) is 3.17. The third kappa shape index (κ3) is 3.32. The van der Waals surface area contributed by atoms with Gasteiger partial charge in [-0.3, -0.25) is 4.79 Å². The Hall–Kier alpha value is -3.10. The van der Waals surface area contributed by atoms with E-state index in [2.05, 4.69) is 9.97 Å². The number of nitrogens with two attached hydrogens (primary N) is 1. The first-order chi connectivity index (χ1) is 14.9. The highest BCUT2D eigenvalue weighted by atomic mass is 19.1. The Morgan fingerprint density at radius 2 is 2.16 bits per heavy atom. The number of halogens is 1. The summed E-state index contributed by atoms with van der Waals surface area (Å²) in [7, 11) is 0. The zero-order valence-corrected chi connectivity index (χ0v) is 17.4. The minimum atomic E-state index is -0.309. The average molecular weight is 422 g/mol. The van der Waals surface area contributed by atoms with E-state index in [-0.39, 0.29) is 23.9 Å². The number of pyridine rings is 2. The molecule has 4 heterocycles. The van der Waals surface area contributed by atoms with Gasteiger partial charge >= 0.3 is 0 Å². The second-order valence-electron chi connectivity index (χ2n) is 8.03. The number of aryl methyl sites for hydroxylation is 1. The smallest absolute Gasteiger partial charge is 0.273 e. The predicted octanol–water partition coefficient (Wildman–Crippen LogP) is 3.46. The standard InChI is InChI=1S/C23H23FN4O3/c1-12-7-14(3-4-17(12)24)20-11-30-6-5-28(20)23(29)18-8-15-16-10-31-13(2)21(16)22(25)27-19(15)9-26-18/h3-4,7-9,13,20H,5-6,10-11H2,1-2H3,(H2,25,27)/t13-,20+/m0/s1. The van der Waals surface area contributed by atoms with Gasteiger partial charge in [-0.1, -0.05) is 12.1 Å². The van der Waals surface area contributed by atoms with Gasteiger partial charge in [-0.15, -0.1) is 0 Å². The number of ether oxygens (including phenoxy) is 2. The number of nitrogens with zero attached hydrogens (tertiary/aromatic N) is 3. The van der Waals surface area contributed by atoms with Crippen LogP contribution in [0.25, 0.3) is 10.9 Å². The van der Waals surface area contributed by atoms with Crippen molar-refractivity contribution in [3.8, 4) is 0 Å². The van der Waals surface area contributed by atoms with E-state index < -0.39 is 0 Å². The number of amides is 1. The molecule has 3 aromatic rings. The van der Waals surface area contributed by atoms with Crippen LogP contribution in [-0.2, 0) is 16.1 Å². The maximum absolute atomic E-state index is 13.8. The van der Waals surface area contributed by atoms with Crippen LogP contribution in [0.2, 0.25) is 0 Å². The van der Waals surface area contributed by atoms with Crippen LogP contribution in [0.1, 0.15) is 51.8 Å². The van der Waals surface area contributed by atoms with Crippen molar-refractivity contribution in [2.45, 2.75) is 32.6 Å². The molecule has 7 nitrogen and oxygen atoms in total. The van der Waals surface area contributed by atoms with E-state index in [0.717, 1.165) is 22.1 Å². The molecule has 31 heavy (non-hydrogen) atoms. The monoisotopic (exact) mass is 422 g/mol. The Balaban J connectivity index is 1.53. The molecule has 160 valence electrons. The quantitative estimate of drug-likeness (QED) is 0.680. The highest BCUT2D eigenvalue weighted by Gasteiger charge is 2.31. The van der Waals surface area contributed by atoms with Crippen molar-refractivity contribution in [1.82, 2.24) is 14.9 Å². The maximum Gasteiger partial charge on any atom is 0.273 e. The normalized spacial score (nSPS) is 20.8. The summed E-state index contributed by atoms with van der Waals surface area (Å²) in [5.41, 5.74) is 10.3. The first kappa shape index (κ1) is 19.8. The molecule has 2 aliphatic rings. The molecule has 2 atom stereocenters. The van der Waals surface area contributed by atoms with Crippen LogP contribution in [0.15, 0.2) is 30.5 Å². The van der Waals surface area contributed by atoms with E-state index in [4.69, 9.17) is 15.2 Å². The second-order valence-corrected chi connectivity index (χ2v) is 8.03. The van der Waals surface area contributed by atoms with E-state index >= 15 is 0 Å². The van der Waals surface area contributed by atoms with Crippen molar-refractivity contribution in [3.05, 3.63) is 64.2 Å². The van der Waals surface area contributed by atoms with E-state index in [0.29, 0.717) is 49.0 Å². The number of benzene rings is 1. The second kappa shape index (κ2) is 7.55. The molecule has 0 spiro atoms. The lowest BCUT2D eigenvalue weighted by Gasteiger charge is -2.36. The molecule has 0 saturated carbocycles. The Bertz CT molecular complexity index is 1200. The number of nitrogen functional groups attached to an aromatic ring is 1. The summed E-state index contributed by atoms with van der Waals surface area (Å²) in [6, 6.07) is 6.36. The Morgan fingerprint density at radius 3 is 2.97 bits per heavy atom. The van der Waals surface area contributed by atoms with Crippen LogP contribution in [0.3, 0.4) is 0 Å². The third-order valence-corrected chi connectivity index (χ3v) is 6.11. The predicted molar refractivity (Wildman–Crippen MR) is 113 cm³/mol. The van der Waals surface area contributed by atoms with E-state index in [1.807, 2.05) is 6.92 Å². The zero-order valence-electron chi connectivity index (χ0n) is 17.4. The van der Waals surface area contributed by atoms with Gasteiger partial charge in [0, 0.05) is 17.5 Å². The summed E-state index contributed by atoms with van der Waals surface area (Å²) in [5.74, 6) is -0.0327. The van der Waals surface area contributed by atoms with Gasteiger partial charge in [-0.2, -0.15) is 0 Å². The van der Waals surface area contributed by atoms with Crippen molar-refractivity contribution in [2.75, 3.05) is 25.5 Å². The minimum absolute atomic E-state index is 0.135. The molecule has 5 rings (SSSR count). The molecule has 1 amide bonds. The molecule has 8 heteroatoms. The summed E-state index contributed by atoms with van der Waals surface area (Å²) in [5, 5.41) is 0.828. The summed E-state index contributed by atoms with van der Waals surface area (Å²) in [6.45, 7) is 5.29.